The van der Waals surface area contributed by atoms with Gasteiger partial charge in [0.25, 0.3) is 11.8 Å². The molecule has 1 aromatic carbocycles. The Bertz CT molecular complexity index is 2190. The van der Waals surface area contributed by atoms with Crippen molar-refractivity contribution in [3.63, 3.8) is 0 Å². The molecular weight excluding hydrogens is 815 g/mol. The third-order valence-corrected chi connectivity index (χ3v) is 15.9. The van der Waals surface area contributed by atoms with E-state index in [0.29, 0.717) is 75.6 Å². The van der Waals surface area contributed by atoms with Crippen molar-refractivity contribution in [3.8, 4) is 5.88 Å². The Kier molecular flexibility index (Phi) is 11.9. The van der Waals surface area contributed by atoms with Crippen LogP contribution in [0.5, 0.6) is 5.88 Å². The number of aromatic nitrogens is 1. The van der Waals surface area contributed by atoms with Gasteiger partial charge in [0, 0.05) is 43.1 Å². The first-order chi connectivity index (χ1) is 28.6. The van der Waals surface area contributed by atoms with Gasteiger partial charge in [-0.05, 0) is 77.2 Å². The number of hydrogen-bond acceptors (Lipinski definition) is 10. The number of anilines is 1. The molecule has 18 heteroatoms. The van der Waals surface area contributed by atoms with Crippen LogP contribution in [-0.2, 0) is 29.1 Å². The van der Waals surface area contributed by atoms with Crippen molar-refractivity contribution < 1.29 is 51.0 Å². The minimum Gasteiger partial charge on any atom is -0.472 e. The molecule has 61 heavy (non-hydrogen) atoms. The number of allylic oxidation sites excluding steroid dienone is 1. The zero-order valence-corrected chi connectivity index (χ0v) is 36.5. The number of rotatable bonds is 9. The third kappa shape index (κ3) is 8.50. The first kappa shape index (κ1) is 44.5. The van der Waals surface area contributed by atoms with Gasteiger partial charge in [0.15, 0.2) is 0 Å². The highest BCUT2D eigenvalue weighted by atomic mass is 32.2. The molecule has 0 unspecified atom stereocenters. The molecule has 1 aromatic heterocycles. The second kappa shape index (κ2) is 16.3. The number of pyridine rings is 1. The van der Waals surface area contributed by atoms with Crippen LogP contribution >= 0.6 is 0 Å². The van der Waals surface area contributed by atoms with Gasteiger partial charge in [-0.2, -0.15) is 0 Å². The number of benzene rings is 1. The number of carboxylic acid groups (broad SMARTS) is 1. The Morgan fingerprint density at radius 1 is 1.08 bits per heavy atom. The number of carbonyl (C=O) groups excluding carboxylic acids is 3. The number of carbonyl (C=O) groups is 4. The fourth-order valence-electron chi connectivity index (χ4n) is 9.12. The molecule has 4 heterocycles. The summed E-state index contributed by atoms with van der Waals surface area (Å²) in [5.41, 5.74) is -3.15. The Morgan fingerprint density at radius 2 is 1.75 bits per heavy atom. The molecule has 2 saturated heterocycles. The van der Waals surface area contributed by atoms with Gasteiger partial charge in [0.1, 0.15) is 29.3 Å². The van der Waals surface area contributed by atoms with E-state index in [2.05, 4.69) is 19.9 Å². The molecular formula is C43H58F2N6O9S. The van der Waals surface area contributed by atoms with Crippen molar-refractivity contribution in [2.45, 2.75) is 126 Å². The Balaban J connectivity index is 1.28. The predicted octanol–water partition coefficient (Wildman–Crippen LogP) is 5.09. The highest BCUT2D eigenvalue weighted by Crippen LogP contribution is 2.48. The van der Waals surface area contributed by atoms with Gasteiger partial charge in [0.05, 0.1) is 36.4 Å². The van der Waals surface area contributed by atoms with Crippen LogP contribution in [0.4, 0.5) is 19.3 Å². The van der Waals surface area contributed by atoms with Gasteiger partial charge in [-0.15, -0.1) is 0 Å². The van der Waals surface area contributed by atoms with E-state index in [-0.39, 0.29) is 31.2 Å². The fourth-order valence-corrected chi connectivity index (χ4v) is 10.4. The highest BCUT2D eigenvalue weighted by molar-refractivity contribution is 7.91. The molecule has 4 amide bonds. The van der Waals surface area contributed by atoms with Gasteiger partial charge in [-0.1, -0.05) is 44.2 Å². The normalized spacial score (nSPS) is 30.2. The van der Waals surface area contributed by atoms with E-state index in [1.165, 1.54) is 4.90 Å². The summed E-state index contributed by atoms with van der Waals surface area (Å²) in [4.78, 5) is 65.7. The molecule has 0 bridgehead atoms. The van der Waals surface area contributed by atoms with Crippen LogP contribution in [0.3, 0.4) is 0 Å². The molecule has 0 radical (unpaired) electrons. The summed E-state index contributed by atoms with van der Waals surface area (Å²) in [5.74, 6) is -7.35. The summed E-state index contributed by atoms with van der Waals surface area (Å²) >= 11 is 0. The molecule has 15 nitrogen and oxygen atoms in total. The summed E-state index contributed by atoms with van der Waals surface area (Å²) in [6.07, 6.45) is 4.86. The second-order valence-electron chi connectivity index (χ2n) is 18.6. The van der Waals surface area contributed by atoms with Crippen LogP contribution in [0.25, 0.3) is 10.8 Å². The summed E-state index contributed by atoms with van der Waals surface area (Å²) in [6.45, 7) is 10.1. The van der Waals surface area contributed by atoms with E-state index in [0.717, 1.165) is 24.9 Å². The first-order valence-corrected chi connectivity index (χ1v) is 22.7. The number of amides is 4. The standard InChI is InChI=1S/C43H58F2N6O9S/c1-26-11-7-8-12-28-23-43(28,38(54)48-61(57,58)41(5)15-16-41)47-35(52)32-22-29(60-36-31-14-10-9-13-30(31)33(24-46-36)49-17-19-59-20-18-49)25-50(32)37(53)34(27(2)21-26)51(39(55)56)40(3,4)42(6,44)45/h8-10,12-14,24,26-29,32,34H,7,11,15-23,25H2,1-6H3,(H,47,52)(H,48,54)(H,55,56)/b12-8-/t26-,27+,28+,29+,32-,34-,43+/m0/s1. The van der Waals surface area contributed by atoms with Crippen molar-refractivity contribution in [2.24, 2.45) is 17.8 Å². The summed E-state index contributed by atoms with van der Waals surface area (Å²) in [7, 11) is -4.09. The minimum absolute atomic E-state index is 0.0948. The summed E-state index contributed by atoms with van der Waals surface area (Å²) in [6, 6.07) is 4.50. The van der Waals surface area contributed by atoms with Crippen LogP contribution in [0, 0.1) is 17.8 Å². The summed E-state index contributed by atoms with van der Waals surface area (Å²) < 4.78 is 70.6. The minimum atomic E-state index is -4.09. The van der Waals surface area contributed by atoms with Gasteiger partial charge < -0.3 is 29.7 Å². The lowest BCUT2D eigenvalue weighted by Gasteiger charge is -2.47. The topological polar surface area (TPSA) is 188 Å². The predicted molar refractivity (Wildman–Crippen MR) is 223 cm³/mol. The second-order valence-corrected chi connectivity index (χ2v) is 20.8. The van der Waals surface area contributed by atoms with Gasteiger partial charge in [-0.3, -0.25) is 24.0 Å². The van der Waals surface area contributed by atoms with Crippen LogP contribution in [0.1, 0.15) is 86.5 Å². The molecule has 7 atom stereocenters. The maximum atomic E-state index is 15.4. The van der Waals surface area contributed by atoms with Crippen molar-refractivity contribution >= 4 is 50.3 Å². The van der Waals surface area contributed by atoms with E-state index >= 15 is 13.6 Å². The van der Waals surface area contributed by atoms with Crippen molar-refractivity contribution in [3.05, 3.63) is 42.6 Å². The monoisotopic (exact) mass is 872 g/mol. The molecule has 3 aliphatic heterocycles. The Hall–Kier alpha value is -4.58. The SMILES string of the molecule is C[C@H]1CC/C=C\[C@@H]2C[C@@]2(C(=O)NS(=O)(=O)C2(C)CC2)NC(=O)[C@@H]2C[C@@H](Oc3ncc(N4CCOCC4)c4ccccc34)CN2C(=O)[C@@H](N(C(=O)O)C(C)(C)C(C)(F)F)[C@H](C)C1. The van der Waals surface area contributed by atoms with Crippen molar-refractivity contribution in [1.29, 1.82) is 0 Å². The van der Waals surface area contributed by atoms with Crippen LogP contribution < -0.4 is 19.7 Å². The van der Waals surface area contributed by atoms with Crippen molar-refractivity contribution in [1.82, 2.24) is 24.8 Å². The van der Waals surface area contributed by atoms with Gasteiger partial charge in [-0.25, -0.2) is 27.0 Å². The summed E-state index contributed by atoms with van der Waals surface area (Å²) in [5, 5.41) is 15.0. The molecule has 2 saturated carbocycles. The molecule has 2 aliphatic carbocycles. The molecule has 5 aliphatic rings. The third-order valence-electron chi connectivity index (χ3n) is 13.7. The largest absolute Gasteiger partial charge is 0.472 e. The van der Waals surface area contributed by atoms with Crippen LogP contribution in [0.2, 0.25) is 0 Å². The van der Waals surface area contributed by atoms with Crippen molar-refractivity contribution in [2.75, 3.05) is 37.7 Å². The number of hydrogen-bond donors (Lipinski definition) is 3. The molecule has 4 fully saturated rings. The van der Waals surface area contributed by atoms with Gasteiger partial charge in [0.2, 0.25) is 27.7 Å². The maximum absolute atomic E-state index is 15.4. The molecule has 2 aromatic rings. The smallest absolute Gasteiger partial charge is 0.408 e. The average molecular weight is 873 g/mol. The number of fused-ring (bicyclic) bond motifs is 3. The highest BCUT2D eigenvalue weighted by Gasteiger charge is 2.63. The zero-order valence-electron chi connectivity index (χ0n) is 35.7. The van der Waals surface area contributed by atoms with Crippen LogP contribution in [0.15, 0.2) is 42.6 Å². The maximum Gasteiger partial charge on any atom is 0.408 e. The zero-order chi connectivity index (χ0) is 44.3. The van der Waals surface area contributed by atoms with E-state index in [4.69, 9.17) is 9.47 Å². The lowest BCUT2D eigenvalue weighted by molar-refractivity contribution is -0.156. The quantitative estimate of drug-likeness (QED) is 0.285. The number of alkyl halides is 2. The number of halogens is 2. The van der Waals surface area contributed by atoms with E-state index in [1.54, 1.807) is 26.1 Å². The number of nitrogens with one attached hydrogen (secondary N) is 2. The molecule has 0 spiro atoms. The molecule has 7 rings (SSSR count). The number of nitrogens with zero attached hydrogens (tertiary/aromatic N) is 4. The van der Waals surface area contributed by atoms with E-state index < -0.39 is 85.6 Å². The Labute approximate surface area is 355 Å². The molecule has 3 N–H and O–H groups in total. The Morgan fingerprint density at radius 3 is 2.39 bits per heavy atom. The average Bonchev–Trinajstić information content (AvgIpc) is 4.08. The van der Waals surface area contributed by atoms with E-state index in [1.807, 2.05) is 37.3 Å². The number of morpholine rings is 1. The van der Waals surface area contributed by atoms with Gasteiger partial charge >= 0.3 is 6.09 Å². The fraction of sp³-hybridized carbons (Fsp3) is 0.651. The number of sulfonamides is 1. The van der Waals surface area contributed by atoms with E-state index in [9.17, 15) is 27.9 Å². The first-order valence-electron chi connectivity index (χ1n) is 21.2. The lowest BCUT2D eigenvalue weighted by atomic mass is 9.84. The van der Waals surface area contributed by atoms with Crippen LogP contribution in [-0.4, -0.2) is 125 Å². The molecule has 334 valence electrons. The number of ether oxygens (including phenoxy) is 2. The lowest BCUT2D eigenvalue weighted by Crippen LogP contribution is -2.66.